The number of rotatable bonds is 1. The molecule has 82 valence electrons. The molecule has 1 saturated heterocycles. The number of nitrogens with two attached hydrogens (primary N) is 1. The van der Waals surface area contributed by atoms with E-state index in [-0.39, 0.29) is 6.29 Å². The van der Waals surface area contributed by atoms with Crippen LogP contribution in [-0.4, -0.2) is 28.2 Å². The van der Waals surface area contributed by atoms with E-state index in [1.807, 2.05) is 39.5 Å². The van der Waals surface area contributed by atoms with E-state index in [1.165, 1.54) is 0 Å². The predicted molar refractivity (Wildman–Crippen MR) is 68.3 cm³/mol. The van der Waals surface area contributed by atoms with Crippen molar-refractivity contribution in [3.05, 3.63) is 30.3 Å². The van der Waals surface area contributed by atoms with Crippen LogP contribution in [0.5, 0.6) is 0 Å². The molecule has 2 N–H and O–H groups in total. The number of benzene rings is 1. The van der Waals surface area contributed by atoms with Gasteiger partial charge in [0.15, 0.2) is 0 Å². The molecule has 1 heterocycles. The molecule has 1 aliphatic heterocycles. The minimum atomic E-state index is -0.223. The lowest BCUT2D eigenvalue weighted by Crippen LogP contribution is -2.60. The number of thiol groups is 2. The fraction of sp³-hybridized carbons (Fsp3) is 0.333. The third-order valence-corrected chi connectivity index (χ3v) is 2.95. The molecule has 0 bridgehead atoms. The maximum atomic E-state index is 6.03. The number of hydrogen-bond donors (Lipinski definition) is 3. The first-order valence-corrected chi connectivity index (χ1v) is 5.45. The summed E-state index contributed by atoms with van der Waals surface area (Å²) < 4.78 is 3.59. The summed E-state index contributed by atoms with van der Waals surface area (Å²) in [5, 5.41) is 0. The minimum absolute atomic E-state index is 0.223. The zero-order chi connectivity index (χ0) is 10.8. The monoisotopic (exact) mass is 242 g/mol. The first-order chi connectivity index (χ1) is 7.18. The average molecular weight is 242 g/mol. The topological polar surface area (TPSA) is 35.7 Å². The van der Waals surface area contributed by atoms with Gasteiger partial charge in [-0.25, -0.2) is 8.61 Å². The van der Waals surface area contributed by atoms with Crippen molar-refractivity contribution >= 4 is 31.3 Å². The summed E-state index contributed by atoms with van der Waals surface area (Å²) in [5.74, 6) is 0. The smallest absolute Gasteiger partial charge is 0.146 e. The third kappa shape index (κ3) is 2.40. The molecule has 1 aliphatic rings. The molecule has 0 aromatic heterocycles. The van der Waals surface area contributed by atoms with Crippen LogP contribution in [-0.2, 0) is 0 Å². The molecule has 1 atom stereocenters. The van der Waals surface area contributed by atoms with Gasteiger partial charge in [-0.1, -0.05) is 43.8 Å². The maximum Gasteiger partial charge on any atom is 0.146 e. The van der Waals surface area contributed by atoms with Crippen molar-refractivity contribution in [3.8, 4) is 0 Å². The lowest BCUT2D eigenvalue weighted by molar-refractivity contribution is 0.204. The Labute approximate surface area is 101 Å². The van der Waals surface area contributed by atoms with Gasteiger partial charge in [-0.05, 0) is 12.1 Å². The van der Waals surface area contributed by atoms with Gasteiger partial charge in [-0.3, -0.25) is 5.73 Å². The molecule has 0 radical (unpaired) electrons. The highest BCUT2D eigenvalue weighted by atomic mass is 32.1. The zero-order valence-corrected chi connectivity index (χ0v) is 9.98. The molecule has 1 fully saturated rings. The Morgan fingerprint density at radius 3 is 2.47 bits per heavy atom. The quantitative estimate of drug-likeness (QED) is 0.641. The van der Waals surface area contributed by atoms with E-state index in [1.54, 1.807) is 4.31 Å². The average Bonchev–Trinajstić information content (AvgIpc) is 2.24. The van der Waals surface area contributed by atoms with Crippen LogP contribution in [0.4, 0.5) is 5.69 Å². The van der Waals surface area contributed by atoms with Crippen LogP contribution in [0, 0.1) is 0 Å². The molecule has 6 heteroatoms. The summed E-state index contributed by atoms with van der Waals surface area (Å²) in [6.07, 6.45) is -0.223. The SMILES string of the molecule is NC1N(S)CN(S)CN1c1ccccc1. The minimum Gasteiger partial charge on any atom is -0.329 e. The molecule has 1 aromatic rings. The van der Waals surface area contributed by atoms with Crippen LogP contribution in [0.1, 0.15) is 0 Å². The number of nitrogens with zero attached hydrogens (tertiary/aromatic N) is 3. The molecule has 0 spiro atoms. The summed E-state index contributed by atoms with van der Waals surface area (Å²) in [4.78, 5) is 2.03. The molecule has 0 saturated carbocycles. The van der Waals surface area contributed by atoms with Gasteiger partial charge in [0.1, 0.15) is 6.29 Å². The Morgan fingerprint density at radius 1 is 1.13 bits per heavy atom. The first-order valence-electron chi connectivity index (χ1n) is 4.65. The molecule has 1 aromatic carbocycles. The van der Waals surface area contributed by atoms with Gasteiger partial charge in [-0.2, -0.15) is 0 Å². The van der Waals surface area contributed by atoms with Gasteiger partial charge in [0.25, 0.3) is 0 Å². The Hall–Kier alpha value is -0.400. The van der Waals surface area contributed by atoms with Crippen molar-refractivity contribution in [2.75, 3.05) is 18.2 Å². The normalized spacial score (nSPS) is 24.5. The van der Waals surface area contributed by atoms with E-state index in [0.717, 1.165) is 5.69 Å². The molecular formula is C9H14N4S2. The van der Waals surface area contributed by atoms with Crippen molar-refractivity contribution in [1.29, 1.82) is 0 Å². The number of anilines is 1. The van der Waals surface area contributed by atoms with Crippen LogP contribution in [0.15, 0.2) is 30.3 Å². The molecule has 15 heavy (non-hydrogen) atoms. The van der Waals surface area contributed by atoms with Gasteiger partial charge in [0, 0.05) is 5.69 Å². The van der Waals surface area contributed by atoms with Gasteiger partial charge < -0.3 is 4.90 Å². The predicted octanol–water partition coefficient (Wildman–Crippen LogP) is 0.958. The standard InChI is InChI=1S/C9H14N4S2/c10-9-12(6-11(14)7-13(9)15)8-4-2-1-3-5-8/h1-5,9,14-15H,6-7,10H2. The summed E-state index contributed by atoms with van der Waals surface area (Å²) >= 11 is 8.62. The van der Waals surface area contributed by atoms with Gasteiger partial charge in [0.05, 0.1) is 13.3 Å². The summed E-state index contributed by atoms with van der Waals surface area (Å²) in [5.41, 5.74) is 7.10. The third-order valence-electron chi connectivity index (χ3n) is 2.34. The summed E-state index contributed by atoms with van der Waals surface area (Å²) in [6, 6.07) is 10.0. The van der Waals surface area contributed by atoms with Crippen LogP contribution >= 0.6 is 25.6 Å². The number of hydrogen-bond acceptors (Lipinski definition) is 6. The Kier molecular flexibility index (Phi) is 3.42. The van der Waals surface area contributed by atoms with Crippen LogP contribution in [0.25, 0.3) is 0 Å². The van der Waals surface area contributed by atoms with E-state index >= 15 is 0 Å². The Balaban J connectivity index is 2.20. The van der Waals surface area contributed by atoms with Crippen molar-refractivity contribution < 1.29 is 0 Å². The van der Waals surface area contributed by atoms with Gasteiger partial charge in [0.2, 0.25) is 0 Å². The highest BCUT2D eigenvalue weighted by Crippen LogP contribution is 2.22. The van der Waals surface area contributed by atoms with E-state index < -0.39 is 0 Å². The van der Waals surface area contributed by atoms with E-state index in [2.05, 4.69) is 25.6 Å². The molecule has 4 nitrogen and oxygen atoms in total. The van der Waals surface area contributed by atoms with Crippen molar-refractivity contribution in [1.82, 2.24) is 8.61 Å². The van der Waals surface area contributed by atoms with Gasteiger partial charge in [-0.15, -0.1) is 0 Å². The zero-order valence-electron chi connectivity index (χ0n) is 8.19. The molecule has 1 unspecified atom stereocenters. The van der Waals surface area contributed by atoms with Crippen LogP contribution in [0.3, 0.4) is 0 Å². The molecular weight excluding hydrogens is 228 g/mol. The van der Waals surface area contributed by atoms with E-state index in [9.17, 15) is 0 Å². The fourth-order valence-electron chi connectivity index (χ4n) is 1.57. The second-order valence-electron chi connectivity index (χ2n) is 3.45. The highest BCUT2D eigenvalue weighted by molar-refractivity contribution is 7.78. The van der Waals surface area contributed by atoms with Crippen molar-refractivity contribution in [2.24, 2.45) is 5.73 Å². The second-order valence-corrected chi connectivity index (χ2v) is 4.53. The van der Waals surface area contributed by atoms with Crippen LogP contribution < -0.4 is 10.6 Å². The molecule has 0 aliphatic carbocycles. The molecule has 2 rings (SSSR count). The fourth-order valence-corrected chi connectivity index (χ4v) is 2.22. The van der Waals surface area contributed by atoms with Crippen molar-refractivity contribution in [2.45, 2.75) is 6.29 Å². The second kappa shape index (κ2) is 4.63. The largest absolute Gasteiger partial charge is 0.329 e. The summed E-state index contributed by atoms with van der Waals surface area (Å²) in [6.45, 7) is 1.32. The van der Waals surface area contributed by atoms with Gasteiger partial charge >= 0.3 is 0 Å². The van der Waals surface area contributed by atoms with Crippen molar-refractivity contribution in [3.63, 3.8) is 0 Å². The molecule has 0 amide bonds. The maximum absolute atomic E-state index is 6.03. The number of para-hydroxylation sites is 1. The van der Waals surface area contributed by atoms with Crippen LogP contribution in [0.2, 0.25) is 0 Å². The lowest BCUT2D eigenvalue weighted by atomic mass is 10.3. The Morgan fingerprint density at radius 2 is 1.80 bits per heavy atom. The highest BCUT2D eigenvalue weighted by Gasteiger charge is 2.27. The van der Waals surface area contributed by atoms with E-state index in [0.29, 0.717) is 13.3 Å². The van der Waals surface area contributed by atoms with E-state index in [4.69, 9.17) is 5.73 Å². The first kappa shape index (κ1) is 11.1. The Bertz CT molecular complexity index is 321. The lowest BCUT2D eigenvalue weighted by Gasteiger charge is -2.43. The summed E-state index contributed by atoms with van der Waals surface area (Å²) in [7, 11) is 0.